The number of nitrogens with one attached hydrogen (secondary N) is 14. The number of ketones is 2. The summed E-state index contributed by atoms with van der Waals surface area (Å²) >= 11 is 0. The standard InChI is InChI=1S/C29H47N3O7.C28H46N4O7.C26H41N3O7.C22H34N4O7/c1-8-25(33)13-12-22(5)16-37-19-29(32-28(36)11-4,20-38-17-23(6)14-30-26(34)9-2)21-39-18-24(7)15-31-27(35)10-3;1-5-24(33)29-15-9-12-18-37-21-28(32-27(36)8-4,22-38-19-13-10-16-30-25(34)6-2)23-39-20-14-11-17-31-26(35)7-3;1-5-22(30)13-9-10-16-34-19-26(29-25(33)8-4,20-35-17-11-14-27-23(31)6-2)21-36-18-12-15-28-24(32)7-3;1-5-18(27)23-9-12-31-15-22(26-21(30)8-4,16-32-13-10-24-19(28)6-2)17-33-14-11-25-20(29)7-3/h8-11,22-24H,1-4,12-21H2,5-7H3,(H,30,34)(H,31,35)(H,32,36);5-8H,1-4,9-23H2,(H,29,33)(H,30,34)(H,31,35)(H,32,36);5-8H,1-4,9-21H2,(H,27,31)(H,28,32)(H,29,33);5-8H,1-4,9-17H2,(H,23,27)(H,24,28)(H,25,29)(H,26,30). The zero-order valence-electron chi connectivity index (χ0n) is 86.9. The second kappa shape index (κ2) is 94.3. The van der Waals surface area contributed by atoms with Crippen LogP contribution in [0.5, 0.6) is 0 Å². The summed E-state index contributed by atoms with van der Waals surface area (Å²) in [7, 11) is 0. The van der Waals surface area contributed by atoms with Crippen molar-refractivity contribution in [1.82, 2.24) is 74.4 Å². The van der Waals surface area contributed by atoms with E-state index in [-0.39, 0.29) is 213 Å². The minimum Gasteiger partial charge on any atom is -0.379 e. The van der Waals surface area contributed by atoms with Crippen molar-refractivity contribution in [2.45, 2.75) is 126 Å². The lowest BCUT2D eigenvalue weighted by Crippen LogP contribution is -2.58. The molecule has 3 unspecified atom stereocenters. The first-order valence-electron chi connectivity index (χ1n) is 48.5. The van der Waals surface area contributed by atoms with Crippen LogP contribution >= 0.6 is 0 Å². The fourth-order valence-corrected chi connectivity index (χ4v) is 11.7. The van der Waals surface area contributed by atoms with E-state index in [1.165, 1.54) is 66.8 Å². The third-order valence-corrected chi connectivity index (χ3v) is 19.7. The molecule has 0 radical (unpaired) electrons. The Labute approximate surface area is 868 Å². The number of hydrogen-bond acceptors (Lipinski definition) is 28. The Morgan fingerprint density at radius 3 is 0.612 bits per heavy atom. The van der Waals surface area contributed by atoms with E-state index >= 15 is 0 Å². The SMILES string of the molecule is C=CC(=O)CCC(C)COCC(COCC(C)CNC(=O)C=C)(COCC(C)CNC(=O)C=C)NC(=O)C=C.C=CC(=O)CCCCOCC(COCCCNC(=O)C=C)(COCCCNC(=O)C=C)NC(=O)C=C.C=CC(=O)NCCCCOCC(COCCCCNC(=O)C=C)(COCCCCNC(=O)C=C)NC(=O)C=C.C=CC(=O)NCCOCC(COCCNC(=O)C=C)(COCCNC(=O)C=C)NC(=O)C=C. The Hall–Kier alpha value is -12.7. The number of unbranched alkanes of at least 4 members (excludes halogenated alkanes) is 4. The Bertz CT molecular complexity index is 3720. The van der Waals surface area contributed by atoms with Gasteiger partial charge in [-0.25, -0.2) is 0 Å². The van der Waals surface area contributed by atoms with Crippen LogP contribution in [0, 0.1) is 17.8 Å². The average Bonchev–Trinajstić information content (AvgIpc) is 0.869. The maximum absolute atomic E-state index is 12.4. The van der Waals surface area contributed by atoms with Crippen molar-refractivity contribution >= 4 is 94.3 Å². The van der Waals surface area contributed by atoms with Crippen LogP contribution in [-0.4, -0.2) is 340 Å². The number of allylic oxidation sites excluding steroid dienone is 2. The highest BCUT2D eigenvalue weighted by molar-refractivity contribution is 5.93. The van der Waals surface area contributed by atoms with Crippen molar-refractivity contribution in [3.63, 3.8) is 0 Å². The van der Waals surface area contributed by atoms with Gasteiger partial charge in [0.25, 0.3) is 0 Å². The smallest absolute Gasteiger partial charge is 0.244 e. The van der Waals surface area contributed by atoms with Gasteiger partial charge in [-0.3, -0.25) is 76.7 Å². The number of carbonyl (C=O) groups is 16. The molecule has 0 aliphatic heterocycles. The van der Waals surface area contributed by atoms with E-state index in [4.69, 9.17) is 56.8 Å². The molecular weight excluding hydrogens is 1910 g/mol. The van der Waals surface area contributed by atoms with Gasteiger partial charge in [0.1, 0.15) is 22.2 Å². The van der Waals surface area contributed by atoms with Crippen molar-refractivity contribution in [2.75, 3.05) is 224 Å². The Morgan fingerprint density at radius 2 is 0.381 bits per heavy atom. The fourth-order valence-electron chi connectivity index (χ4n) is 11.7. The molecule has 14 N–H and O–H groups in total. The van der Waals surface area contributed by atoms with Crippen LogP contribution in [0.4, 0.5) is 0 Å². The zero-order valence-corrected chi connectivity index (χ0v) is 86.9. The molecule has 0 aliphatic carbocycles. The first-order chi connectivity index (χ1) is 70.5. The van der Waals surface area contributed by atoms with Crippen molar-refractivity contribution in [3.8, 4) is 0 Å². The van der Waals surface area contributed by atoms with Crippen molar-refractivity contribution in [2.24, 2.45) is 17.8 Å². The summed E-state index contributed by atoms with van der Waals surface area (Å²) in [4.78, 5) is 185. The number of ether oxygens (including phenoxy) is 12. The Morgan fingerprint density at radius 1 is 0.197 bits per heavy atom. The van der Waals surface area contributed by atoms with E-state index in [2.05, 4.69) is 180 Å². The zero-order chi connectivity index (χ0) is 111. The number of amides is 14. The maximum Gasteiger partial charge on any atom is 0.244 e. The summed E-state index contributed by atoms with van der Waals surface area (Å²) in [5.41, 5.74) is -4.07. The van der Waals surface area contributed by atoms with Crippen molar-refractivity contribution in [1.29, 1.82) is 0 Å². The van der Waals surface area contributed by atoms with E-state index in [9.17, 15) is 76.7 Å². The minimum atomic E-state index is -1.10. The molecule has 0 rings (SSSR count). The molecule has 42 nitrogen and oxygen atoms in total. The molecule has 147 heavy (non-hydrogen) atoms. The second-order valence-electron chi connectivity index (χ2n) is 33.3. The molecule has 3 atom stereocenters. The molecule has 0 aromatic rings. The van der Waals surface area contributed by atoms with Gasteiger partial charge in [0, 0.05) is 125 Å². The first kappa shape index (κ1) is 141. The number of hydrogen-bond donors (Lipinski definition) is 14. The third-order valence-electron chi connectivity index (χ3n) is 19.7. The van der Waals surface area contributed by atoms with Crippen molar-refractivity contribution in [3.05, 3.63) is 202 Å². The molecule has 0 fully saturated rings. The summed E-state index contributed by atoms with van der Waals surface area (Å²) < 4.78 is 69.9. The van der Waals surface area contributed by atoms with E-state index in [0.29, 0.717) is 169 Å². The summed E-state index contributed by atoms with van der Waals surface area (Å²) in [6.45, 7) is 69.5. The molecule has 0 saturated heterocycles. The minimum absolute atomic E-state index is 0.000504. The van der Waals surface area contributed by atoms with E-state index in [0.717, 1.165) is 49.6 Å². The van der Waals surface area contributed by atoms with Gasteiger partial charge in [-0.05, 0) is 186 Å². The molecule has 0 heterocycles. The maximum atomic E-state index is 12.4. The highest BCUT2D eigenvalue weighted by Gasteiger charge is 2.38. The molecule has 0 aliphatic rings. The quantitative estimate of drug-likeness (QED) is 0.0304. The van der Waals surface area contributed by atoms with E-state index in [1.807, 2.05) is 20.8 Å². The van der Waals surface area contributed by atoms with Crippen LogP contribution in [0.15, 0.2) is 202 Å². The number of rotatable bonds is 94. The van der Waals surface area contributed by atoms with Gasteiger partial charge in [-0.15, -0.1) is 0 Å². The molecule has 42 heteroatoms. The van der Waals surface area contributed by atoms with Crippen LogP contribution < -0.4 is 74.4 Å². The fraction of sp³-hybridized carbons (Fsp3) is 0.543. The second-order valence-corrected chi connectivity index (χ2v) is 33.3. The molecule has 0 aromatic carbocycles. The van der Waals surface area contributed by atoms with Gasteiger partial charge in [-0.1, -0.05) is 126 Å². The van der Waals surface area contributed by atoms with Crippen LogP contribution in [0.2, 0.25) is 0 Å². The highest BCUT2D eigenvalue weighted by atomic mass is 16.5. The lowest BCUT2D eigenvalue weighted by molar-refractivity contribution is -0.124. The average molecular weight is 2070 g/mol. The van der Waals surface area contributed by atoms with Gasteiger partial charge in [0.05, 0.1) is 112 Å². The lowest BCUT2D eigenvalue weighted by Gasteiger charge is -2.35. The molecule has 826 valence electrons. The van der Waals surface area contributed by atoms with Crippen LogP contribution in [0.1, 0.15) is 104 Å². The predicted molar refractivity (Wildman–Crippen MR) is 564 cm³/mol. The molecule has 0 spiro atoms. The first-order valence-corrected chi connectivity index (χ1v) is 48.5. The highest BCUT2D eigenvalue weighted by Crippen LogP contribution is 2.18. The van der Waals surface area contributed by atoms with E-state index in [1.54, 1.807) is 0 Å². The van der Waals surface area contributed by atoms with Gasteiger partial charge in [-0.2, -0.15) is 0 Å². The number of carbonyl (C=O) groups excluding carboxylic acids is 16. The topological polar surface area (TPSA) is 552 Å². The summed E-state index contributed by atoms with van der Waals surface area (Å²) in [6.07, 6.45) is 27.3. The lowest BCUT2D eigenvalue weighted by atomic mass is 10.0. The molecule has 0 aromatic heterocycles. The molecule has 0 saturated carbocycles. The summed E-state index contributed by atoms with van der Waals surface area (Å²) in [5, 5.41) is 38.1. The predicted octanol–water partition coefficient (Wildman–Crippen LogP) is 3.82. The van der Waals surface area contributed by atoms with Gasteiger partial charge < -0.3 is 131 Å². The van der Waals surface area contributed by atoms with Crippen LogP contribution in [0.25, 0.3) is 0 Å². The van der Waals surface area contributed by atoms with Crippen LogP contribution in [-0.2, 0) is 134 Å². The third kappa shape index (κ3) is 84.1. The van der Waals surface area contributed by atoms with Crippen LogP contribution in [0.3, 0.4) is 0 Å². The summed E-state index contributed by atoms with van der Waals surface area (Å²) in [6, 6.07) is 0. The normalized spacial score (nSPS) is 11.6. The molecule has 14 amide bonds. The monoisotopic (exact) mass is 2070 g/mol. The van der Waals surface area contributed by atoms with Gasteiger partial charge in [0.15, 0.2) is 11.6 Å². The molecular formula is C105H168N14O28. The Kier molecular flexibility index (Phi) is 90.1. The largest absolute Gasteiger partial charge is 0.379 e. The van der Waals surface area contributed by atoms with Crippen molar-refractivity contribution < 1.29 is 134 Å². The Balaban J connectivity index is -0.000000929. The molecule has 0 bridgehead atoms. The van der Waals surface area contributed by atoms with Gasteiger partial charge >= 0.3 is 0 Å². The van der Waals surface area contributed by atoms with Gasteiger partial charge in [0.2, 0.25) is 82.7 Å². The van der Waals surface area contributed by atoms with E-state index < -0.39 is 39.9 Å². The summed E-state index contributed by atoms with van der Waals surface area (Å²) in [5.74, 6) is -4.30.